The summed E-state index contributed by atoms with van der Waals surface area (Å²) >= 11 is 3.54. The number of phenols is 1. The Bertz CT molecular complexity index is 1030. The third kappa shape index (κ3) is 3.84. The molecule has 3 aromatic rings. The molecular weight excluding hydrogens is 412 g/mol. The van der Waals surface area contributed by atoms with Gasteiger partial charge in [-0.3, -0.25) is 0 Å². The molecule has 3 aromatic carbocycles. The van der Waals surface area contributed by atoms with Crippen LogP contribution in [0.25, 0.3) is 5.70 Å². The molecule has 1 heterocycles. The number of benzene rings is 3. The Labute approximate surface area is 174 Å². The van der Waals surface area contributed by atoms with Crippen LogP contribution in [0.3, 0.4) is 0 Å². The lowest BCUT2D eigenvalue weighted by Crippen LogP contribution is -2.90. The topological polar surface area (TPSA) is 48.9 Å². The van der Waals surface area contributed by atoms with Gasteiger partial charge in [0.05, 0.1) is 5.56 Å². The lowest BCUT2D eigenvalue weighted by Gasteiger charge is -2.31. The highest BCUT2D eigenvalue weighted by Crippen LogP contribution is 2.31. The molecule has 0 aromatic heterocycles. The molecule has 0 amide bonds. The summed E-state index contributed by atoms with van der Waals surface area (Å²) in [5.74, 6) is 0.314. The fraction of sp³-hybridized carbons (Fsp3) is 0.167. The zero-order valence-electron chi connectivity index (χ0n) is 16.0. The van der Waals surface area contributed by atoms with Gasteiger partial charge in [-0.1, -0.05) is 70.0 Å². The zero-order valence-corrected chi connectivity index (χ0v) is 17.6. The highest BCUT2D eigenvalue weighted by Gasteiger charge is 2.30. The fourth-order valence-electron chi connectivity index (χ4n) is 3.72. The van der Waals surface area contributed by atoms with Crippen molar-refractivity contribution >= 4 is 21.6 Å². The maximum absolute atomic E-state index is 10.5. The van der Waals surface area contributed by atoms with Crippen LogP contribution in [0.5, 0.6) is 5.75 Å². The van der Waals surface area contributed by atoms with E-state index in [2.05, 4.69) is 95.0 Å². The first-order valence-electron chi connectivity index (χ1n) is 9.45. The van der Waals surface area contributed by atoms with E-state index in [1.54, 1.807) is 6.07 Å². The monoisotopic (exact) mass is 435 g/mol. The van der Waals surface area contributed by atoms with Crippen molar-refractivity contribution < 1.29 is 10.4 Å². The first kappa shape index (κ1) is 18.8. The number of halogens is 1. The number of nitrogens with one attached hydrogen (secondary N) is 1. The molecule has 0 saturated carbocycles. The smallest absolute Gasteiger partial charge is 0.186 e. The largest absolute Gasteiger partial charge is 0.507 e. The van der Waals surface area contributed by atoms with Crippen molar-refractivity contribution in [3.05, 3.63) is 105 Å². The number of phenolic OH excluding ortho intramolecular Hbond substituents is 1. The summed E-state index contributed by atoms with van der Waals surface area (Å²) in [7, 11) is 0. The second kappa shape index (κ2) is 7.82. The predicted octanol–water partition coefficient (Wildman–Crippen LogP) is 4.72. The highest BCUT2D eigenvalue weighted by atomic mass is 79.9. The van der Waals surface area contributed by atoms with E-state index in [4.69, 9.17) is 0 Å². The van der Waals surface area contributed by atoms with Gasteiger partial charge in [-0.2, -0.15) is 0 Å². The van der Waals surface area contributed by atoms with Gasteiger partial charge in [-0.05, 0) is 43.2 Å². The van der Waals surface area contributed by atoms with Crippen molar-refractivity contribution in [2.24, 2.45) is 0 Å². The van der Waals surface area contributed by atoms with Crippen LogP contribution in [0.2, 0.25) is 0 Å². The highest BCUT2D eigenvalue weighted by molar-refractivity contribution is 9.10. The second-order valence-electron chi connectivity index (χ2n) is 7.35. The van der Waals surface area contributed by atoms with Crippen LogP contribution in [0, 0.1) is 13.8 Å². The fourth-order valence-corrected chi connectivity index (χ4v) is 4.10. The van der Waals surface area contributed by atoms with Gasteiger partial charge in [0, 0.05) is 21.8 Å². The molecule has 142 valence electrons. The van der Waals surface area contributed by atoms with E-state index in [-0.39, 0.29) is 12.2 Å². The Morgan fingerprint density at radius 2 is 1.68 bits per heavy atom. The number of quaternary nitrogens is 1. The van der Waals surface area contributed by atoms with Gasteiger partial charge in [0.2, 0.25) is 0 Å². The summed E-state index contributed by atoms with van der Waals surface area (Å²) < 4.78 is 0.963. The van der Waals surface area contributed by atoms with Gasteiger partial charge in [0.25, 0.3) is 0 Å². The molecule has 4 rings (SSSR count). The molecule has 3 nitrogen and oxygen atoms in total. The van der Waals surface area contributed by atoms with Crippen LogP contribution in [0.1, 0.15) is 40.0 Å². The Balaban J connectivity index is 1.79. The Morgan fingerprint density at radius 3 is 2.43 bits per heavy atom. The number of hydrogen-bond donors (Lipinski definition) is 3. The lowest BCUT2D eigenvalue weighted by atomic mass is 9.96. The SMILES string of the molecule is Cc1ccc(C2=CC(c3cc(Br)ccc3O)[NH2+]C(c3ccccc3C)N2)cc1. The Kier molecular flexibility index (Phi) is 5.25. The number of aryl methyl sites for hydroxylation is 2. The van der Waals surface area contributed by atoms with Gasteiger partial charge in [-0.25, -0.2) is 0 Å². The number of nitrogens with two attached hydrogens (primary N) is 1. The molecule has 1 aliphatic rings. The van der Waals surface area contributed by atoms with Crippen molar-refractivity contribution in [1.29, 1.82) is 0 Å². The van der Waals surface area contributed by atoms with Crippen molar-refractivity contribution in [2.45, 2.75) is 26.1 Å². The average molecular weight is 436 g/mol. The van der Waals surface area contributed by atoms with E-state index in [1.165, 1.54) is 16.7 Å². The molecule has 0 radical (unpaired) electrons. The quantitative estimate of drug-likeness (QED) is 0.557. The maximum atomic E-state index is 10.5. The van der Waals surface area contributed by atoms with Crippen LogP contribution >= 0.6 is 15.9 Å². The molecule has 4 N–H and O–H groups in total. The van der Waals surface area contributed by atoms with E-state index in [0.29, 0.717) is 5.75 Å². The Hall–Kier alpha value is -2.56. The molecule has 28 heavy (non-hydrogen) atoms. The van der Waals surface area contributed by atoms with Crippen LogP contribution in [-0.2, 0) is 0 Å². The standard InChI is InChI=1S/C24H23BrN2O/c1-15-7-9-17(10-8-15)21-14-22(20-13-18(25)11-12-23(20)28)27-24(26-21)19-6-4-3-5-16(19)2/h3-14,22,24,26-28H,1-2H3/p+1. The molecule has 0 fully saturated rings. The first-order valence-corrected chi connectivity index (χ1v) is 10.2. The first-order chi connectivity index (χ1) is 13.5. The van der Waals surface area contributed by atoms with Gasteiger partial charge in [-0.15, -0.1) is 0 Å². The summed E-state index contributed by atoms with van der Waals surface area (Å²) in [5.41, 5.74) is 6.87. The molecule has 2 unspecified atom stereocenters. The van der Waals surface area contributed by atoms with Crippen molar-refractivity contribution in [2.75, 3.05) is 0 Å². The number of aromatic hydroxyl groups is 1. The summed E-state index contributed by atoms with van der Waals surface area (Å²) in [5, 5.41) is 16.5. The van der Waals surface area contributed by atoms with Gasteiger partial charge >= 0.3 is 0 Å². The number of rotatable bonds is 3. The molecule has 0 saturated heterocycles. The molecule has 2 atom stereocenters. The van der Waals surface area contributed by atoms with E-state index in [0.717, 1.165) is 21.3 Å². The van der Waals surface area contributed by atoms with E-state index >= 15 is 0 Å². The van der Waals surface area contributed by atoms with Gasteiger partial charge in [0.15, 0.2) is 6.17 Å². The Morgan fingerprint density at radius 1 is 0.929 bits per heavy atom. The third-order valence-corrected chi connectivity index (χ3v) is 5.79. The summed E-state index contributed by atoms with van der Waals surface area (Å²) in [4.78, 5) is 0. The van der Waals surface area contributed by atoms with Gasteiger partial charge in [0.1, 0.15) is 11.8 Å². The van der Waals surface area contributed by atoms with Gasteiger partial charge < -0.3 is 15.7 Å². The minimum Gasteiger partial charge on any atom is -0.507 e. The molecule has 0 aliphatic carbocycles. The maximum Gasteiger partial charge on any atom is 0.186 e. The number of hydrogen-bond acceptors (Lipinski definition) is 2. The molecular formula is C24H24BrN2O+. The third-order valence-electron chi connectivity index (χ3n) is 5.29. The molecule has 0 spiro atoms. The van der Waals surface area contributed by atoms with E-state index in [1.807, 2.05) is 12.1 Å². The van der Waals surface area contributed by atoms with Crippen LogP contribution in [-0.4, -0.2) is 5.11 Å². The molecule has 0 bridgehead atoms. The minimum atomic E-state index is -0.000316. The summed E-state index contributed by atoms with van der Waals surface area (Å²) in [6, 6.07) is 22.6. The minimum absolute atomic E-state index is 0.000316. The summed E-state index contributed by atoms with van der Waals surface area (Å²) in [6.07, 6.45) is 2.26. The average Bonchev–Trinajstić information content (AvgIpc) is 2.70. The van der Waals surface area contributed by atoms with E-state index in [9.17, 15) is 5.11 Å². The zero-order chi connectivity index (χ0) is 19.7. The van der Waals surface area contributed by atoms with Crippen LogP contribution < -0.4 is 10.6 Å². The van der Waals surface area contributed by atoms with E-state index < -0.39 is 0 Å². The summed E-state index contributed by atoms with van der Waals surface area (Å²) in [6.45, 7) is 4.24. The van der Waals surface area contributed by atoms with Crippen molar-refractivity contribution in [3.63, 3.8) is 0 Å². The lowest BCUT2D eigenvalue weighted by molar-refractivity contribution is -0.731. The molecule has 1 aliphatic heterocycles. The normalized spacial score (nSPS) is 19.0. The van der Waals surface area contributed by atoms with Crippen LogP contribution in [0.15, 0.2) is 77.3 Å². The van der Waals surface area contributed by atoms with Crippen molar-refractivity contribution in [3.8, 4) is 5.75 Å². The van der Waals surface area contributed by atoms with Crippen molar-refractivity contribution in [1.82, 2.24) is 5.32 Å². The second-order valence-corrected chi connectivity index (χ2v) is 8.26. The molecule has 4 heteroatoms. The predicted molar refractivity (Wildman–Crippen MR) is 117 cm³/mol. The van der Waals surface area contributed by atoms with Crippen LogP contribution in [0.4, 0.5) is 0 Å².